The molecule has 1 N–H and O–H groups in total. The molecule has 0 fully saturated rings. The van der Waals surface area contributed by atoms with Crippen molar-refractivity contribution in [3.8, 4) is 5.75 Å². The molecule has 0 bridgehead atoms. The quantitative estimate of drug-likeness (QED) is 0.867. The van der Waals surface area contributed by atoms with E-state index in [0.29, 0.717) is 16.3 Å². The average molecular weight is 356 g/mol. The zero-order valence-electron chi connectivity index (χ0n) is 12.6. The van der Waals surface area contributed by atoms with Crippen LogP contribution >= 0.6 is 11.6 Å². The predicted octanol–water partition coefficient (Wildman–Crippen LogP) is 4.69. The third-order valence-corrected chi connectivity index (χ3v) is 4.37. The molecule has 1 aliphatic rings. The molecule has 2 aromatic carbocycles. The zero-order chi connectivity index (χ0) is 17.5. The maximum absolute atomic E-state index is 12.6. The minimum atomic E-state index is -4.80. The Morgan fingerprint density at radius 3 is 2.58 bits per heavy atom. The highest BCUT2D eigenvalue weighted by Gasteiger charge is 2.45. The second-order valence-electron chi connectivity index (χ2n) is 5.78. The number of fused-ring (bicyclic) bond motifs is 1. The van der Waals surface area contributed by atoms with Gasteiger partial charge in [-0.1, -0.05) is 35.9 Å². The van der Waals surface area contributed by atoms with Crippen molar-refractivity contribution in [2.45, 2.75) is 25.1 Å². The van der Waals surface area contributed by atoms with Crippen molar-refractivity contribution < 1.29 is 22.7 Å². The van der Waals surface area contributed by atoms with E-state index in [1.54, 1.807) is 31.2 Å². The van der Waals surface area contributed by atoms with Crippen molar-refractivity contribution in [3.05, 3.63) is 58.6 Å². The Balaban J connectivity index is 2.02. The van der Waals surface area contributed by atoms with Crippen molar-refractivity contribution in [1.82, 2.24) is 0 Å². The molecule has 3 rings (SSSR count). The molecule has 3 nitrogen and oxygen atoms in total. The fraction of sp³-hybridized carbons (Fsp3) is 0.235. The number of alkyl halides is 3. The van der Waals surface area contributed by atoms with Crippen LogP contribution in [0.25, 0.3) is 0 Å². The highest BCUT2D eigenvalue weighted by atomic mass is 35.5. The molecule has 7 heteroatoms. The molecule has 1 unspecified atom stereocenters. The van der Waals surface area contributed by atoms with Crippen LogP contribution in [-0.2, 0) is 16.6 Å². The lowest BCUT2D eigenvalue weighted by molar-refractivity contribution is -0.274. The van der Waals surface area contributed by atoms with Crippen LogP contribution in [0.15, 0.2) is 42.5 Å². The molecule has 0 saturated heterocycles. The zero-order valence-corrected chi connectivity index (χ0v) is 13.3. The van der Waals surface area contributed by atoms with E-state index < -0.39 is 11.8 Å². The van der Waals surface area contributed by atoms with E-state index in [4.69, 9.17) is 11.6 Å². The topological polar surface area (TPSA) is 38.3 Å². The number of anilines is 1. The van der Waals surface area contributed by atoms with Crippen LogP contribution in [0.1, 0.15) is 18.1 Å². The lowest BCUT2D eigenvalue weighted by Crippen LogP contribution is -2.34. The summed E-state index contributed by atoms with van der Waals surface area (Å²) in [5.74, 6) is -0.632. The molecule has 1 aliphatic heterocycles. The van der Waals surface area contributed by atoms with Gasteiger partial charge in [0.1, 0.15) is 5.75 Å². The van der Waals surface area contributed by atoms with Crippen molar-refractivity contribution in [1.29, 1.82) is 0 Å². The molecular formula is C17H13ClF3NO2. The molecule has 0 spiro atoms. The van der Waals surface area contributed by atoms with Gasteiger partial charge in [0.2, 0.25) is 5.91 Å². The van der Waals surface area contributed by atoms with Crippen molar-refractivity contribution in [2.75, 3.05) is 5.32 Å². The summed E-state index contributed by atoms with van der Waals surface area (Å²) in [7, 11) is 0. The molecule has 0 aliphatic carbocycles. The Bertz CT molecular complexity index is 807. The average Bonchev–Trinajstić information content (AvgIpc) is 2.72. The third-order valence-electron chi connectivity index (χ3n) is 4.06. The number of carbonyl (C=O) groups is 1. The number of hydrogen-bond acceptors (Lipinski definition) is 2. The first kappa shape index (κ1) is 16.6. The second-order valence-corrected chi connectivity index (χ2v) is 6.19. The molecule has 1 atom stereocenters. The largest absolute Gasteiger partial charge is 0.573 e. The number of ether oxygens (including phenoxy) is 1. The standard InChI is InChI=1S/C17H13ClF3NO2/c1-16(14-11(18)6-4-7-12(14)22-15(16)23)9-10-5-2-3-8-13(10)24-17(19,20)21/h2-8H,9H2,1H3,(H,22,23). The van der Waals surface area contributed by atoms with Crippen molar-refractivity contribution >= 4 is 23.2 Å². The maximum atomic E-state index is 12.6. The SMILES string of the molecule is CC1(Cc2ccccc2OC(F)(F)F)C(=O)Nc2cccc(Cl)c21. The normalized spacial score (nSPS) is 19.8. The smallest absolute Gasteiger partial charge is 0.406 e. The van der Waals surface area contributed by atoms with Gasteiger partial charge in [0.05, 0.1) is 5.41 Å². The first-order valence-corrected chi connectivity index (χ1v) is 7.52. The number of carbonyl (C=O) groups excluding carboxylic acids is 1. The Morgan fingerprint density at radius 2 is 1.88 bits per heavy atom. The van der Waals surface area contributed by atoms with Crippen LogP contribution in [0.5, 0.6) is 5.75 Å². The summed E-state index contributed by atoms with van der Waals surface area (Å²) in [6, 6.07) is 10.8. The number of benzene rings is 2. The minimum absolute atomic E-state index is 0.0296. The summed E-state index contributed by atoms with van der Waals surface area (Å²) >= 11 is 6.23. The van der Waals surface area contributed by atoms with Crippen LogP contribution in [0.2, 0.25) is 5.02 Å². The maximum Gasteiger partial charge on any atom is 0.573 e. The van der Waals surface area contributed by atoms with Crippen LogP contribution in [0, 0.1) is 0 Å². The Morgan fingerprint density at radius 1 is 1.17 bits per heavy atom. The molecule has 1 amide bonds. The van der Waals surface area contributed by atoms with E-state index in [1.807, 2.05) is 0 Å². The second kappa shape index (κ2) is 5.70. The number of nitrogens with one attached hydrogen (secondary N) is 1. The lowest BCUT2D eigenvalue weighted by Gasteiger charge is -2.24. The Hall–Kier alpha value is -2.21. The molecule has 2 aromatic rings. The summed E-state index contributed by atoms with van der Waals surface area (Å²) in [4.78, 5) is 12.5. The van der Waals surface area contributed by atoms with Gasteiger partial charge in [0.15, 0.2) is 0 Å². The monoisotopic (exact) mass is 355 g/mol. The summed E-state index contributed by atoms with van der Waals surface area (Å²) < 4.78 is 41.8. The van der Waals surface area contributed by atoms with Crippen LogP contribution in [0.4, 0.5) is 18.9 Å². The van der Waals surface area contributed by atoms with Gasteiger partial charge >= 0.3 is 6.36 Å². The fourth-order valence-corrected chi connectivity index (χ4v) is 3.37. The van der Waals surface area contributed by atoms with Crippen LogP contribution in [0.3, 0.4) is 0 Å². The van der Waals surface area contributed by atoms with Gasteiger partial charge in [0, 0.05) is 16.3 Å². The molecular weight excluding hydrogens is 343 g/mol. The van der Waals surface area contributed by atoms with Crippen molar-refractivity contribution in [2.24, 2.45) is 0 Å². The fourth-order valence-electron chi connectivity index (χ4n) is 2.99. The van der Waals surface area contributed by atoms with E-state index in [9.17, 15) is 18.0 Å². The molecule has 126 valence electrons. The molecule has 24 heavy (non-hydrogen) atoms. The highest BCUT2D eigenvalue weighted by molar-refractivity contribution is 6.33. The summed E-state index contributed by atoms with van der Waals surface area (Å²) in [5.41, 5.74) is 0.349. The van der Waals surface area contributed by atoms with Gasteiger partial charge in [-0.25, -0.2) is 0 Å². The molecule has 0 saturated carbocycles. The first-order chi connectivity index (χ1) is 11.2. The summed E-state index contributed by atoms with van der Waals surface area (Å²) in [6.07, 6.45) is -4.77. The van der Waals surface area contributed by atoms with Gasteiger partial charge in [-0.05, 0) is 37.1 Å². The molecule has 1 heterocycles. The molecule has 0 radical (unpaired) electrons. The van der Waals surface area contributed by atoms with Crippen LogP contribution < -0.4 is 10.1 Å². The van der Waals surface area contributed by atoms with Crippen LogP contribution in [-0.4, -0.2) is 12.3 Å². The number of hydrogen-bond donors (Lipinski definition) is 1. The minimum Gasteiger partial charge on any atom is -0.406 e. The van der Waals surface area contributed by atoms with Gasteiger partial charge in [0.25, 0.3) is 0 Å². The van der Waals surface area contributed by atoms with Gasteiger partial charge < -0.3 is 10.1 Å². The number of amides is 1. The Kier molecular flexibility index (Phi) is 3.95. The molecule has 0 aromatic heterocycles. The van der Waals surface area contributed by atoms with Gasteiger partial charge in [-0.2, -0.15) is 0 Å². The lowest BCUT2D eigenvalue weighted by atomic mass is 9.78. The van der Waals surface area contributed by atoms with E-state index in [1.165, 1.54) is 18.2 Å². The highest BCUT2D eigenvalue weighted by Crippen LogP contribution is 2.45. The van der Waals surface area contributed by atoms with Gasteiger partial charge in [-0.3, -0.25) is 4.79 Å². The predicted molar refractivity (Wildman–Crippen MR) is 84.3 cm³/mol. The van der Waals surface area contributed by atoms with Gasteiger partial charge in [-0.15, -0.1) is 13.2 Å². The first-order valence-electron chi connectivity index (χ1n) is 7.15. The number of rotatable bonds is 3. The van der Waals surface area contributed by atoms with Crippen molar-refractivity contribution in [3.63, 3.8) is 0 Å². The van der Waals surface area contributed by atoms with E-state index in [0.717, 1.165) is 0 Å². The summed E-state index contributed by atoms with van der Waals surface area (Å²) in [5, 5.41) is 3.12. The Labute approximate surface area is 141 Å². The number of halogens is 4. The summed E-state index contributed by atoms with van der Waals surface area (Å²) in [6.45, 7) is 1.66. The third kappa shape index (κ3) is 2.94. The van der Waals surface area contributed by atoms with E-state index >= 15 is 0 Å². The van der Waals surface area contributed by atoms with E-state index in [-0.39, 0.29) is 23.6 Å². The number of para-hydroxylation sites is 1. The van der Waals surface area contributed by atoms with E-state index in [2.05, 4.69) is 10.1 Å².